The van der Waals surface area contributed by atoms with Crippen LogP contribution in [0.25, 0.3) is 0 Å². The van der Waals surface area contributed by atoms with E-state index in [1.54, 1.807) is 0 Å². The lowest BCUT2D eigenvalue weighted by Gasteiger charge is -2.46. The van der Waals surface area contributed by atoms with Crippen LogP contribution >= 0.6 is 0 Å². The molecule has 2 amide bonds. The lowest BCUT2D eigenvalue weighted by molar-refractivity contribution is -0.124. The summed E-state index contributed by atoms with van der Waals surface area (Å²) in [6.45, 7) is 4.49. The summed E-state index contributed by atoms with van der Waals surface area (Å²) in [5, 5.41) is 2.92. The van der Waals surface area contributed by atoms with Crippen LogP contribution in [0.5, 0.6) is 0 Å². The van der Waals surface area contributed by atoms with E-state index in [-0.39, 0.29) is 30.1 Å². The van der Waals surface area contributed by atoms with Crippen LogP contribution in [0.2, 0.25) is 0 Å². The van der Waals surface area contributed by atoms with Gasteiger partial charge in [0.25, 0.3) is 0 Å². The van der Waals surface area contributed by atoms with Crippen molar-refractivity contribution in [2.45, 2.75) is 44.2 Å². The molecule has 1 aromatic rings. The first kappa shape index (κ1) is 18.0. The van der Waals surface area contributed by atoms with Crippen LogP contribution in [0, 0.1) is 11.8 Å². The Bertz CT molecular complexity index is 759. The van der Waals surface area contributed by atoms with E-state index in [1.807, 2.05) is 11.0 Å². The predicted molar refractivity (Wildman–Crippen MR) is 105 cm³/mol. The zero-order valence-electron chi connectivity index (χ0n) is 16.3. The fraction of sp³-hybridized carbons (Fsp3) is 0.636. The number of nitrogens with one attached hydrogen (secondary N) is 1. The molecule has 0 saturated carbocycles. The van der Waals surface area contributed by atoms with Crippen molar-refractivity contribution in [3.05, 3.63) is 35.4 Å². The van der Waals surface area contributed by atoms with Crippen molar-refractivity contribution in [3.8, 4) is 0 Å². The second-order valence-electron chi connectivity index (χ2n) is 8.75. The van der Waals surface area contributed by atoms with E-state index in [4.69, 9.17) is 4.74 Å². The molecule has 1 N–H and O–H groups in total. The Labute approximate surface area is 166 Å². The predicted octanol–water partition coefficient (Wildman–Crippen LogP) is 2.34. The summed E-state index contributed by atoms with van der Waals surface area (Å²) >= 11 is 0. The number of fused-ring (bicyclic) bond motifs is 4. The van der Waals surface area contributed by atoms with Gasteiger partial charge in [0.15, 0.2) is 0 Å². The maximum atomic E-state index is 13.3. The van der Waals surface area contributed by atoms with Gasteiger partial charge in [0.05, 0.1) is 6.04 Å². The molecule has 1 aromatic carbocycles. The van der Waals surface area contributed by atoms with Gasteiger partial charge in [-0.25, -0.2) is 4.79 Å². The second kappa shape index (κ2) is 7.39. The molecule has 0 spiro atoms. The Morgan fingerprint density at radius 3 is 2.64 bits per heavy atom. The number of ether oxygens (including phenoxy) is 1. The Hall–Kier alpha value is -2.08. The van der Waals surface area contributed by atoms with Crippen molar-refractivity contribution in [3.63, 3.8) is 0 Å². The van der Waals surface area contributed by atoms with Gasteiger partial charge in [0, 0.05) is 26.1 Å². The molecule has 3 atom stereocenters. The van der Waals surface area contributed by atoms with Crippen molar-refractivity contribution in [1.29, 1.82) is 0 Å². The highest BCUT2D eigenvalue weighted by atomic mass is 16.6. The molecule has 28 heavy (non-hydrogen) atoms. The first-order chi connectivity index (χ1) is 13.7. The van der Waals surface area contributed by atoms with E-state index >= 15 is 0 Å². The smallest absolute Gasteiger partial charge is 0.410 e. The quantitative estimate of drug-likeness (QED) is 0.852. The highest BCUT2D eigenvalue weighted by molar-refractivity contribution is 5.77. The first-order valence-corrected chi connectivity index (χ1v) is 10.7. The Balaban J connectivity index is 1.39. The molecule has 0 radical (unpaired) electrons. The van der Waals surface area contributed by atoms with Crippen molar-refractivity contribution < 1.29 is 14.3 Å². The van der Waals surface area contributed by atoms with Gasteiger partial charge in [-0.2, -0.15) is 0 Å². The lowest BCUT2D eigenvalue weighted by Crippen LogP contribution is -2.54. The van der Waals surface area contributed by atoms with Crippen molar-refractivity contribution >= 4 is 12.0 Å². The maximum absolute atomic E-state index is 13.3. The Morgan fingerprint density at radius 1 is 1.07 bits per heavy atom. The van der Waals surface area contributed by atoms with E-state index in [0.29, 0.717) is 25.4 Å². The summed E-state index contributed by atoms with van der Waals surface area (Å²) in [5.74, 6) is 0.740. The minimum atomic E-state index is -0.191. The van der Waals surface area contributed by atoms with E-state index in [0.717, 1.165) is 45.3 Å². The summed E-state index contributed by atoms with van der Waals surface area (Å²) in [6.07, 6.45) is 4.31. The molecular weight excluding hydrogens is 354 g/mol. The summed E-state index contributed by atoms with van der Waals surface area (Å²) in [5.41, 5.74) is 2.49. The summed E-state index contributed by atoms with van der Waals surface area (Å²) in [4.78, 5) is 29.7. The van der Waals surface area contributed by atoms with E-state index in [1.165, 1.54) is 11.1 Å². The van der Waals surface area contributed by atoms with Crippen LogP contribution < -0.4 is 5.32 Å². The molecule has 0 aliphatic carbocycles. The number of nitrogens with zero attached hydrogens (tertiary/aromatic N) is 2. The fourth-order valence-corrected chi connectivity index (χ4v) is 5.63. The molecule has 4 fully saturated rings. The highest BCUT2D eigenvalue weighted by Gasteiger charge is 2.42. The number of hydrogen-bond donors (Lipinski definition) is 1. The summed E-state index contributed by atoms with van der Waals surface area (Å²) in [7, 11) is 0. The number of carbonyl (C=O) groups is 2. The molecule has 2 bridgehead atoms. The lowest BCUT2D eigenvalue weighted by atomic mass is 9.80. The van der Waals surface area contributed by atoms with Crippen LogP contribution in [0.1, 0.15) is 42.9 Å². The molecule has 6 nitrogen and oxygen atoms in total. The fourth-order valence-electron chi connectivity index (χ4n) is 5.63. The number of piperidine rings is 4. The van der Waals surface area contributed by atoms with Gasteiger partial charge >= 0.3 is 6.09 Å². The number of benzene rings is 1. The van der Waals surface area contributed by atoms with Gasteiger partial charge in [-0.05, 0) is 61.7 Å². The Morgan fingerprint density at radius 2 is 1.89 bits per heavy atom. The monoisotopic (exact) mass is 383 g/mol. The summed E-state index contributed by atoms with van der Waals surface area (Å²) < 4.78 is 6.07. The first-order valence-electron chi connectivity index (χ1n) is 10.7. The van der Waals surface area contributed by atoms with Gasteiger partial charge < -0.3 is 15.0 Å². The molecule has 1 unspecified atom stereocenters. The number of amides is 2. The van der Waals surface area contributed by atoms with Gasteiger partial charge in [-0.15, -0.1) is 0 Å². The average Bonchev–Trinajstić information content (AvgIpc) is 2.73. The van der Waals surface area contributed by atoms with E-state index < -0.39 is 0 Å². The normalized spacial score (nSPS) is 34.5. The molecule has 150 valence electrons. The average molecular weight is 383 g/mol. The molecule has 5 aliphatic rings. The van der Waals surface area contributed by atoms with Crippen LogP contribution in [-0.2, 0) is 16.0 Å². The zero-order valence-corrected chi connectivity index (χ0v) is 16.3. The van der Waals surface area contributed by atoms with E-state index in [9.17, 15) is 9.59 Å². The van der Waals surface area contributed by atoms with E-state index in [2.05, 4.69) is 28.4 Å². The van der Waals surface area contributed by atoms with Crippen molar-refractivity contribution in [2.75, 3.05) is 32.7 Å². The topological polar surface area (TPSA) is 61.9 Å². The van der Waals surface area contributed by atoms with Crippen LogP contribution in [-0.4, -0.2) is 60.6 Å². The summed E-state index contributed by atoms with van der Waals surface area (Å²) in [6, 6.07) is 8.31. The molecule has 6 heteroatoms. The minimum absolute atomic E-state index is 0.0162. The van der Waals surface area contributed by atoms with Crippen LogP contribution in [0.3, 0.4) is 0 Å². The number of rotatable bonds is 2. The third-order valence-electron chi connectivity index (χ3n) is 7.15. The highest BCUT2D eigenvalue weighted by Crippen LogP contribution is 2.40. The van der Waals surface area contributed by atoms with Crippen molar-refractivity contribution in [2.24, 2.45) is 11.8 Å². The third-order valence-corrected chi connectivity index (χ3v) is 7.15. The number of carbonyl (C=O) groups excluding carboxylic acids is 2. The molecule has 6 rings (SSSR count). The standard InChI is InChI=1S/C22H29N3O3/c26-20-13-17(5-9-23-20)21-18-4-2-1-3-15(18)8-12-25(21)22(27)28-19-14-24-10-6-16(19)7-11-24/h1-4,16-17,19,21H,5-14H2,(H,23,26)/t17?,19-,21-/m1/s1. The molecule has 5 heterocycles. The zero-order chi connectivity index (χ0) is 19.1. The largest absolute Gasteiger partial charge is 0.444 e. The number of hydrogen-bond acceptors (Lipinski definition) is 4. The molecule has 5 aliphatic heterocycles. The van der Waals surface area contributed by atoms with Gasteiger partial charge in [-0.3, -0.25) is 9.69 Å². The second-order valence-corrected chi connectivity index (χ2v) is 8.75. The Kier molecular flexibility index (Phi) is 4.75. The van der Waals surface area contributed by atoms with Crippen LogP contribution in [0.15, 0.2) is 24.3 Å². The third kappa shape index (κ3) is 3.28. The van der Waals surface area contributed by atoms with Crippen molar-refractivity contribution in [1.82, 2.24) is 15.1 Å². The van der Waals surface area contributed by atoms with Gasteiger partial charge in [-0.1, -0.05) is 24.3 Å². The molecular formula is C22H29N3O3. The maximum Gasteiger partial charge on any atom is 0.410 e. The molecule has 0 aromatic heterocycles. The SMILES string of the molecule is O=C1CC([C@@H]2c3ccccc3CCN2C(=O)O[C@@H]2CN3CCC2CC3)CCN1. The van der Waals surface area contributed by atoms with Gasteiger partial charge in [0.1, 0.15) is 6.10 Å². The minimum Gasteiger partial charge on any atom is -0.444 e. The molecule has 4 saturated heterocycles. The van der Waals surface area contributed by atoms with Crippen LogP contribution in [0.4, 0.5) is 4.79 Å². The van der Waals surface area contributed by atoms with Gasteiger partial charge in [0.2, 0.25) is 5.91 Å².